The van der Waals surface area contributed by atoms with Crippen molar-refractivity contribution >= 4 is 53.6 Å². The largest absolute Gasteiger partial charge is 0.306 e. The molecule has 3 aromatic heterocycles. The van der Waals surface area contributed by atoms with Crippen LogP contribution in [-0.2, 0) is 10.0 Å². The molecule has 0 spiro atoms. The second-order valence-corrected chi connectivity index (χ2v) is 10.6. The predicted octanol–water partition coefficient (Wildman–Crippen LogP) is 5.90. The van der Waals surface area contributed by atoms with Crippen LogP contribution in [-0.4, -0.2) is 26.9 Å². The van der Waals surface area contributed by atoms with Crippen LogP contribution < -0.4 is 0 Å². The second-order valence-electron chi connectivity index (χ2n) is 8.81. The van der Waals surface area contributed by atoms with E-state index in [0.29, 0.717) is 21.4 Å². The lowest BCUT2D eigenvalue weighted by molar-refractivity contribution is 0.591. The number of para-hydroxylation sites is 3. The number of aromatic nitrogens is 4. The van der Waals surface area contributed by atoms with E-state index in [4.69, 9.17) is 0 Å². The maximum Gasteiger partial charge on any atom is 0.270 e. The molecule has 0 radical (unpaired) electrons. The molecule has 7 aromatic rings. The molecule has 0 aliphatic carbocycles. The summed E-state index contributed by atoms with van der Waals surface area (Å²) in [5.74, 6) is 0. The molecule has 1 aliphatic heterocycles. The van der Waals surface area contributed by atoms with Crippen molar-refractivity contribution in [3.05, 3.63) is 97.6 Å². The lowest BCUT2D eigenvalue weighted by Gasteiger charge is -2.12. The number of hydrogen-bond acceptors (Lipinski definition) is 4. The van der Waals surface area contributed by atoms with Gasteiger partial charge in [0.2, 0.25) is 0 Å². The van der Waals surface area contributed by atoms with Crippen LogP contribution in [0, 0.1) is 0 Å². The zero-order valence-electron chi connectivity index (χ0n) is 18.3. The van der Waals surface area contributed by atoms with Crippen LogP contribution in [0.2, 0.25) is 0 Å². The summed E-state index contributed by atoms with van der Waals surface area (Å²) in [4.78, 5) is 8.73. The first-order valence-electron chi connectivity index (χ1n) is 11.3. The summed E-state index contributed by atoms with van der Waals surface area (Å²) >= 11 is 0. The van der Waals surface area contributed by atoms with Gasteiger partial charge in [0.15, 0.2) is 0 Å². The quantitative estimate of drug-likeness (QED) is 0.298. The Morgan fingerprint density at radius 3 is 2.11 bits per heavy atom. The molecule has 35 heavy (non-hydrogen) atoms. The summed E-state index contributed by atoms with van der Waals surface area (Å²) in [5.41, 5.74) is 5.62. The minimum atomic E-state index is -3.89. The van der Waals surface area contributed by atoms with Crippen LogP contribution >= 0.6 is 0 Å². The van der Waals surface area contributed by atoms with Crippen LogP contribution in [0.4, 0.5) is 0 Å². The highest BCUT2D eigenvalue weighted by Gasteiger charge is 2.33. The molecule has 1 aliphatic rings. The normalized spacial score (nSPS) is 14.2. The van der Waals surface area contributed by atoms with E-state index in [0.717, 1.165) is 43.9 Å². The van der Waals surface area contributed by atoms with Gasteiger partial charge in [0.25, 0.3) is 10.0 Å². The van der Waals surface area contributed by atoms with Crippen LogP contribution in [0.3, 0.4) is 0 Å². The van der Waals surface area contributed by atoms with Crippen molar-refractivity contribution in [3.63, 3.8) is 0 Å². The molecule has 0 atom stereocenters. The van der Waals surface area contributed by atoms with Gasteiger partial charge < -0.3 is 4.57 Å². The summed E-state index contributed by atoms with van der Waals surface area (Å²) in [6, 6.07) is 25.4. The van der Waals surface area contributed by atoms with Gasteiger partial charge in [-0.15, -0.1) is 0 Å². The minimum Gasteiger partial charge on any atom is -0.306 e. The van der Waals surface area contributed by atoms with E-state index in [-0.39, 0.29) is 0 Å². The monoisotopic (exact) mass is 472 g/mol. The molecule has 166 valence electrons. The van der Waals surface area contributed by atoms with Crippen LogP contribution in [0.1, 0.15) is 0 Å². The molecule has 0 saturated heterocycles. The summed E-state index contributed by atoms with van der Waals surface area (Å²) in [5, 5.41) is 3.70. The molecular formula is C28H16N4O2S. The van der Waals surface area contributed by atoms with Crippen LogP contribution in [0.15, 0.2) is 102 Å². The van der Waals surface area contributed by atoms with Gasteiger partial charge in [-0.05, 0) is 35.9 Å². The molecule has 0 amide bonds. The highest BCUT2D eigenvalue weighted by Crippen LogP contribution is 2.45. The van der Waals surface area contributed by atoms with Crippen LogP contribution in [0.5, 0.6) is 0 Å². The van der Waals surface area contributed by atoms with E-state index in [1.54, 1.807) is 18.5 Å². The first kappa shape index (κ1) is 18.9. The zero-order chi connectivity index (χ0) is 23.3. The van der Waals surface area contributed by atoms with Crippen molar-refractivity contribution in [3.8, 4) is 16.8 Å². The average molecular weight is 473 g/mol. The van der Waals surface area contributed by atoms with Gasteiger partial charge in [-0.2, -0.15) is 0 Å². The van der Waals surface area contributed by atoms with Gasteiger partial charge in [-0.3, -0.25) is 0 Å². The van der Waals surface area contributed by atoms with Gasteiger partial charge in [-0.1, -0.05) is 48.5 Å². The molecule has 4 heterocycles. The average Bonchev–Trinajstić information content (AvgIpc) is 3.39. The van der Waals surface area contributed by atoms with Gasteiger partial charge >= 0.3 is 0 Å². The molecule has 0 fully saturated rings. The fourth-order valence-corrected chi connectivity index (χ4v) is 7.36. The van der Waals surface area contributed by atoms with E-state index in [1.807, 2.05) is 66.7 Å². The molecule has 4 aromatic carbocycles. The Kier molecular flexibility index (Phi) is 3.42. The number of nitrogens with zero attached hydrogens (tertiary/aromatic N) is 4. The third-order valence-corrected chi connectivity index (χ3v) is 8.76. The lowest BCUT2D eigenvalue weighted by atomic mass is 10.0. The van der Waals surface area contributed by atoms with E-state index < -0.39 is 10.0 Å². The van der Waals surface area contributed by atoms with Crippen molar-refractivity contribution in [2.45, 2.75) is 4.90 Å². The Balaban J connectivity index is 1.72. The standard InChI is InChI=1S/C28H16N4O2S/c33-35(34)26-11-5-8-21-19-6-1-3-9-23(19)31(28(21)26)25-13-17(18-14-29-16-30-15-18)12-22-20-7-2-4-10-24(20)32(35)27(22)25/h1-16H. The molecule has 7 heteroatoms. The lowest BCUT2D eigenvalue weighted by Crippen LogP contribution is -2.12. The molecule has 8 rings (SSSR count). The molecule has 6 nitrogen and oxygen atoms in total. The Hall–Kier alpha value is -4.49. The number of rotatable bonds is 1. The molecule has 0 saturated carbocycles. The van der Waals surface area contributed by atoms with Gasteiger partial charge in [0, 0.05) is 39.5 Å². The first-order chi connectivity index (χ1) is 17.1. The third kappa shape index (κ3) is 2.26. The maximum atomic E-state index is 14.3. The predicted molar refractivity (Wildman–Crippen MR) is 137 cm³/mol. The van der Waals surface area contributed by atoms with E-state index in [2.05, 4.69) is 20.6 Å². The fourth-order valence-electron chi connectivity index (χ4n) is 5.62. The highest BCUT2D eigenvalue weighted by atomic mass is 32.2. The van der Waals surface area contributed by atoms with Crippen molar-refractivity contribution in [1.82, 2.24) is 18.5 Å². The van der Waals surface area contributed by atoms with Crippen molar-refractivity contribution in [2.24, 2.45) is 0 Å². The summed E-state index contributed by atoms with van der Waals surface area (Å²) in [7, 11) is -3.89. The van der Waals surface area contributed by atoms with Gasteiger partial charge in [0.05, 0.1) is 27.8 Å². The highest BCUT2D eigenvalue weighted by molar-refractivity contribution is 7.90. The fraction of sp³-hybridized carbons (Fsp3) is 0. The number of hydrogen-bond donors (Lipinski definition) is 0. The minimum absolute atomic E-state index is 0.301. The van der Waals surface area contributed by atoms with Crippen LogP contribution in [0.25, 0.3) is 60.4 Å². The summed E-state index contributed by atoms with van der Waals surface area (Å²) < 4.78 is 32.3. The molecular weight excluding hydrogens is 456 g/mol. The topological polar surface area (TPSA) is 69.8 Å². The Morgan fingerprint density at radius 1 is 0.629 bits per heavy atom. The number of fused-ring (bicyclic) bond motifs is 7. The van der Waals surface area contributed by atoms with Crippen molar-refractivity contribution in [2.75, 3.05) is 0 Å². The van der Waals surface area contributed by atoms with Crippen molar-refractivity contribution in [1.29, 1.82) is 0 Å². The Morgan fingerprint density at radius 2 is 1.31 bits per heavy atom. The van der Waals surface area contributed by atoms with Gasteiger partial charge in [-0.25, -0.2) is 22.4 Å². The number of benzene rings is 4. The SMILES string of the molecule is O=S1(=O)c2cccc3c4ccccc4n(c23)-c2cc(-c3cncnc3)cc3c4ccccc4n1c23. The van der Waals surface area contributed by atoms with E-state index in [1.165, 1.54) is 10.3 Å². The molecule has 0 N–H and O–H groups in total. The Labute approximate surface area is 199 Å². The van der Waals surface area contributed by atoms with E-state index >= 15 is 0 Å². The molecule has 0 unspecified atom stereocenters. The van der Waals surface area contributed by atoms with Gasteiger partial charge in [0.1, 0.15) is 11.2 Å². The third-order valence-electron chi connectivity index (χ3n) is 7.02. The maximum absolute atomic E-state index is 14.3. The molecule has 0 bridgehead atoms. The van der Waals surface area contributed by atoms with Crippen molar-refractivity contribution < 1.29 is 8.42 Å². The smallest absolute Gasteiger partial charge is 0.270 e. The van der Waals surface area contributed by atoms with E-state index in [9.17, 15) is 8.42 Å². The summed E-state index contributed by atoms with van der Waals surface area (Å²) in [6.07, 6.45) is 5.07. The first-order valence-corrected chi connectivity index (χ1v) is 12.7. The Bertz CT molecular complexity index is 2120. The second kappa shape index (κ2) is 6.34. The summed E-state index contributed by atoms with van der Waals surface area (Å²) in [6.45, 7) is 0. The zero-order valence-corrected chi connectivity index (χ0v) is 19.1.